The van der Waals surface area contributed by atoms with Crippen LogP contribution in [-0.2, 0) is 6.42 Å². The van der Waals surface area contributed by atoms with Crippen LogP contribution >= 0.6 is 0 Å². The van der Waals surface area contributed by atoms with Gasteiger partial charge in [-0.25, -0.2) is 0 Å². The Labute approximate surface area is 118 Å². The summed E-state index contributed by atoms with van der Waals surface area (Å²) in [5.41, 5.74) is 10.5. The van der Waals surface area contributed by atoms with Gasteiger partial charge in [-0.3, -0.25) is 0 Å². The standard InChI is InChI=1S/C17H28N2/c1-13-8-9-15(12-14(13)2)10-11-19(3)17-7-5-4-6-16(17)18/h8-9,12,16-17H,4-7,10-11,18H2,1-3H3. The minimum atomic E-state index is 0.374. The molecule has 2 nitrogen and oxygen atoms in total. The lowest BCUT2D eigenvalue weighted by atomic mass is 9.90. The Kier molecular flexibility index (Phi) is 5.00. The topological polar surface area (TPSA) is 29.3 Å². The lowest BCUT2D eigenvalue weighted by molar-refractivity contribution is 0.171. The second-order valence-electron chi connectivity index (χ2n) is 6.16. The Morgan fingerprint density at radius 1 is 1.16 bits per heavy atom. The van der Waals surface area contributed by atoms with Crippen molar-refractivity contribution in [3.8, 4) is 0 Å². The summed E-state index contributed by atoms with van der Waals surface area (Å²) in [4.78, 5) is 2.47. The predicted molar refractivity (Wildman–Crippen MR) is 82.5 cm³/mol. The smallest absolute Gasteiger partial charge is 0.0244 e. The minimum Gasteiger partial charge on any atom is -0.326 e. The van der Waals surface area contributed by atoms with E-state index in [0.29, 0.717) is 12.1 Å². The van der Waals surface area contributed by atoms with Gasteiger partial charge in [0.15, 0.2) is 0 Å². The van der Waals surface area contributed by atoms with Gasteiger partial charge in [0.1, 0.15) is 0 Å². The Balaban J connectivity index is 1.88. The molecule has 0 amide bonds. The van der Waals surface area contributed by atoms with Crippen LogP contribution in [0.5, 0.6) is 0 Å². The Bertz CT molecular complexity index is 414. The maximum atomic E-state index is 6.25. The van der Waals surface area contributed by atoms with Crippen LogP contribution in [0.4, 0.5) is 0 Å². The van der Waals surface area contributed by atoms with Crippen molar-refractivity contribution in [1.82, 2.24) is 4.90 Å². The van der Waals surface area contributed by atoms with Crippen LogP contribution in [-0.4, -0.2) is 30.6 Å². The van der Waals surface area contributed by atoms with Gasteiger partial charge in [-0.15, -0.1) is 0 Å². The SMILES string of the molecule is Cc1ccc(CCN(C)C2CCCCC2N)cc1C. The average Bonchev–Trinajstić information content (AvgIpc) is 2.40. The van der Waals surface area contributed by atoms with Crippen molar-refractivity contribution in [1.29, 1.82) is 0 Å². The molecule has 2 rings (SSSR count). The van der Waals surface area contributed by atoms with Crippen LogP contribution in [0.15, 0.2) is 18.2 Å². The molecule has 2 heteroatoms. The number of rotatable bonds is 4. The third kappa shape index (κ3) is 3.80. The maximum Gasteiger partial charge on any atom is 0.0244 e. The summed E-state index contributed by atoms with van der Waals surface area (Å²) >= 11 is 0. The van der Waals surface area contributed by atoms with E-state index in [4.69, 9.17) is 5.73 Å². The molecule has 0 aromatic heterocycles. The zero-order chi connectivity index (χ0) is 13.8. The van der Waals surface area contributed by atoms with Gasteiger partial charge in [-0.05, 0) is 56.8 Å². The normalized spacial score (nSPS) is 23.8. The predicted octanol–water partition coefficient (Wildman–Crippen LogP) is 3.05. The van der Waals surface area contributed by atoms with Gasteiger partial charge in [0.2, 0.25) is 0 Å². The molecule has 0 radical (unpaired) electrons. The van der Waals surface area contributed by atoms with Crippen molar-refractivity contribution in [2.75, 3.05) is 13.6 Å². The number of hydrogen-bond acceptors (Lipinski definition) is 2. The molecule has 0 heterocycles. The molecular formula is C17H28N2. The number of likely N-dealkylation sites (N-methyl/N-ethyl adjacent to an activating group) is 1. The van der Waals surface area contributed by atoms with E-state index in [0.717, 1.165) is 13.0 Å². The van der Waals surface area contributed by atoms with Crippen molar-refractivity contribution in [2.24, 2.45) is 5.73 Å². The minimum absolute atomic E-state index is 0.374. The molecule has 1 aromatic carbocycles. The number of benzene rings is 1. The molecule has 0 bridgehead atoms. The highest BCUT2D eigenvalue weighted by Crippen LogP contribution is 2.21. The van der Waals surface area contributed by atoms with E-state index < -0.39 is 0 Å². The van der Waals surface area contributed by atoms with E-state index in [1.165, 1.54) is 42.4 Å². The molecule has 106 valence electrons. The van der Waals surface area contributed by atoms with Crippen molar-refractivity contribution in [3.63, 3.8) is 0 Å². The summed E-state index contributed by atoms with van der Waals surface area (Å²) in [6.07, 6.45) is 6.24. The highest BCUT2D eigenvalue weighted by molar-refractivity contribution is 5.30. The fraction of sp³-hybridized carbons (Fsp3) is 0.647. The summed E-state index contributed by atoms with van der Waals surface area (Å²) < 4.78 is 0. The molecule has 0 aliphatic heterocycles. The molecule has 0 spiro atoms. The van der Waals surface area contributed by atoms with Gasteiger partial charge in [-0.2, -0.15) is 0 Å². The third-order valence-corrected chi connectivity index (χ3v) is 4.67. The first-order valence-corrected chi connectivity index (χ1v) is 7.60. The first kappa shape index (κ1) is 14.5. The van der Waals surface area contributed by atoms with Crippen LogP contribution in [0.25, 0.3) is 0 Å². The molecule has 1 saturated carbocycles. The monoisotopic (exact) mass is 260 g/mol. The Hall–Kier alpha value is -0.860. The number of nitrogens with two attached hydrogens (primary N) is 1. The van der Waals surface area contributed by atoms with Crippen LogP contribution in [0.1, 0.15) is 42.4 Å². The fourth-order valence-corrected chi connectivity index (χ4v) is 3.12. The highest BCUT2D eigenvalue weighted by atomic mass is 15.1. The van der Waals surface area contributed by atoms with Crippen molar-refractivity contribution >= 4 is 0 Å². The fourth-order valence-electron chi connectivity index (χ4n) is 3.12. The molecule has 2 atom stereocenters. The van der Waals surface area contributed by atoms with Crippen molar-refractivity contribution in [2.45, 2.75) is 58.0 Å². The van der Waals surface area contributed by atoms with Crippen molar-refractivity contribution in [3.05, 3.63) is 34.9 Å². The first-order valence-electron chi connectivity index (χ1n) is 7.60. The van der Waals surface area contributed by atoms with Gasteiger partial charge in [0.05, 0.1) is 0 Å². The first-order chi connectivity index (χ1) is 9.08. The lowest BCUT2D eigenvalue weighted by Gasteiger charge is -2.36. The van der Waals surface area contributed by atoms with Gasteiger partial charge in [-0.1, -0.05) is 31.0 Å². The van der Waals surface area contributed by atoms with E-state index >= 15 is 0 Å². The zero-order valence-corrected chi connectivity index (χ0v) is 12.7. The lowest BCUT2D eigenvalue weighted by Crippen LogP contribution is -2.48. The third-order valence-electron chi connectivity index (χ3n) is 4.67. The summed E-state index contributed by atoms with van der Waals surface area (Å²) in [5.74, 6) is 0. The number of nitrogens with zero attached hydrogens (tertiary/aromatic N) is 1. The van der Waals surface area contributed by atoms with Gasteiger partial charge in [0.25, 0.3) is 0 Å². The maximum absolute atomic E-state index is 6.25. The number of aryl methyl sites for hydroxylation is 2. The van der Waals surface area contributed by atoms with E-state index in [-0.39, 0.29) is 0 Å². The van der Waals surface area contributed by atoms with Gasteiger partial charge < -0.3 is 10.6 Å². The van der Waals surface area contributed by atoms with E-state index in [9.17, 15) is 0 Å². The summed E-state index contributed by atoms with van der Waals surface area (Å²) in [6, 6.07) is 7.77. The Morgan fingerprint density at radius 3 is 2.58 bits per heavy atom. The second-order valence-corrected chi connectivity index (χ2v) is 6.16. The zero-order valence-electron chi connectivity index (χ0n) is 12.7. The van der Waals surface area contributed by atoms with Gasteiger partial charge in [0, 0.05) is 18.6 Å². The van der Waals surface area contributed by atoms with E-state index in [1.807, 2.05) is 0 Å². The van der Waals surface area contributed by atoms with Gasteiger partial charge >= 0.3 is 0 Å². The van der Waals surface area contributed by atoms with Crippen LogP contribution in [0.3, 0.4) is 0 Å². The molecule has 2 unspecified atom stereocenters. The molecular weight excluding hydrogens is 232 g/mol. The molecule has 1 aliphatic rings. The molecule has 2 N–H and O–H groups in total. The second kappa shape index (κ2) is 6.53. The largest absolute Gasteiger partial charge is 0.326 e. The van der Waals surface area contributed by atoms with Crippen LogP contribution < -0.4 is 5.73 Å². The molecule has 1 fully saturated rings. The van der Waals surface area contributed by atoms with Crippen molar-refractivity contribution < 1.29 is 0 Å². The Morgan fingerprint density at radius 2 is 1.89 bits per heavy atom. The molecule has 19 heavy (non-hydrogen) atoms. The van der Waals surface area contributed by atoms with E-state index in [2.05, 4.69) is 44.0 Å². The van der Waals surface area contributed by atoms with Crippen LogP contribution in [0.2, 0.25) is 0 Å². The average molecular weight is 260 g/mol. The molecule has 1 aliphatic carbocycles. The molecule has 0 saturated heterocycles. The van der Waals surface area contributed by atoms with E-state index in [1.54, 1.807) is 0 Å². The summed E-state index contributed by atoms with van der Waals surface area (Å²) in [5, 5.41) is 0. The highest BCUT2D eigenvalue weighted by Gasteiger charge is 2.24. The number of hydrogen-bond donors (Lipinski definition) is 1. The summed E-state index contributed by atoms with van der Waals surface area (Å²) in [6.45, 7) is 5.48. The summed E-state index contributed by atoms with van der Waals surface area (Å²) in [7, 11) is 2.23. The van der Waals surface area contributed by atoms with Crippen LogP contribution in [0, 0.1) is 13.8 Å². The molecule has 1 aromatic rings. The quantitative estimate of drug-likeness (QED) is 0.901.